The number of hydrogen-bond donors (Lipinski definition) is 1. The Labute approximate surface area is 127 Å². The Morgan fingerprint density at radius 2 is 1.80 bits per heavy atom. The van der Waals surface area contributed by atoms with Gasteiger partial charge in [0, 0.05) is 10.9 Å². The number of benzene rings is 1. The van der Waals surface area contributed by atoms with Crippen LogP contribution in [-0.2, 0) is 12.8 Å². The van der Waals surface area contributed by atoms with E-state index >= 15 is 0 Å². The predicted octanol–water partition coefficient (Wildman–Crippen LogP) is 4.60. The zero-order valence-corrected chi connectivity index (χ0v) is 13.4. The molecule has 1 atom stereocenters. The predicted molar refractivity (Wildman–Crippen MR) is 89.6 cm³/mol. The second kappa shape index (κ2) is 8.23. The first-order valence-corrected chi connectivity index (χ1v) is 8.47. The topological polar surface area (TPSA) is 12.0 Å². The molecule has 20 heavy (non-hydrogen) atoms. The quantitative estimate of drug-likeness (QED) is 0.748. The summed E-state index contributed by atoms with van der Waals surface area (Å²) in [5, 5.41) is 5.80. The Morgan fingerprint density at radius 1 is 1.05 bits per heavy atom. The SMILES string of the molecule is CCNC(CCc1ccc(C)cc1)CCc1cccs1. The van der Waals surface area contributed by atoms with Gasteiger partial charge in [-0.25, -0.2) is 0 Å². The Bertz CT molecular complexity index is 473. The summed E-state index contributed by atoms with van der Waals surface area (Å²) in [6.07, 6.45) is 4.83. The van der Waals surface area contributed by atoms with E-state index in [1.165, 1.54) is 41.7 Å². The van der Waals surface area contributed by atoms with Gasteiger partial charge in [0.25, 0.3) is 0 Å². The molecule has 0 saturated heterocycles. The lowest BCUT2D eigenvalue weighted by atomic mass is 10.0. The van der Waals surface area contributed by atoms with Crippen LogP contribution >= 0.6 is 11.3 Å². The molecule has 0 radical (unpaired) electrons. The van der Waals surface area contributed by atoms with Gasteiger partial charge in [-0.3, -0.25) is 0 Å². The van der Waals surface area contributed by atoms with E-state index in [9.17, 15) is 0 Å². The van der Waals surface area contributed by atoms with Gasteiger partial charge in [0.1, 0.15) is 0 Å². The fourth-order valence-corrected chi connectivity index (χ4v) is 3.23. The molecular weight excluding hydrogens is 262 g/mol. The summed E-state index contributed by atoms with van der Waals surface area (Å²) >= 11 is 1.87. The average Bonchev–Trinajstić information content (AvgIpc) is 2.97. The summed E-state index contributed by atoms with van der Waals surface area (Å²) < 4.78 is 0. The third kappa shape index (κ3) is 5.10. The van der Waals surface area contributed by atoms with E-state index in [4.69, 9.17) is 0 Å². The van der Waals surface area contributed by atoms with Gasteiger partial charge in [-0.2, -0.15) is 0 Å². The number of aryl methyl sites for hydroxylation is 3. The molecule has 0 fully saturated rings. The minimum absolute atomic E-state index is 0.628. The largest absolute Gasteiger partial charge is 0.314 e. The normalized spacial score (nSPS) is 12.5. The highest BCUT2D eigenvalue weighted by Crippen LogP contribution is 2.15. The van der Waals surface area contributed by atoms with Crippen molar-refractivity contribution in [3.8, 4) is 0 Å². The van der Waals surface area contributed by atoms with Gasteiger partial charge in [-0.15, -0.1) is 11.3 Å². The van der Waals surface area contributed by atoms with Crippen LogP contribution in [0.4, 0.5) is 0 Å². The minimum atomic E-state index is 0.628. The zero-order valence-electron chi connectivity index (χ0n) is 12.6. The first kappa shape index (κ1) is 15.3. The van der Waals surface area contributed by atoms with E-state index in [0.717, 1.165) is 6.54 Å². The molecule has 0 spiro atoms. The molecule has 1 aromatic carbocycles. The Morgan fingerprint density at radius 3 is 2.45 bits per heavy atom. The van der Waals surface area contributed by atoms with E-state index in [0.29, 0.717) is 6.04 Å². The summed E-state index contributed by atoms with van der Waals surface area (Å²) in [5.41, 5.74) is 2.80. The molecule has 1 unspecified atom stereocenters. The molecule has 2 aromatic rings. The fraction of sp³-hybridized carbons (Fsp3) is 0.444. The molecule has 2 rings (SSSR count). The highest BCUT2D eigenvalue weighted by atomic mass is 32.1. The van der Waals surface area contributed by atoms with Crippen molar-refractivity contribution in [1.29, 1.82) is 0 Å². The first-order chi connectivity index (χ1) is 9.78. The molecule has 1 heterocycles. The molecule has 1 nitrogen and oxygen atoms in total. The fourth-order valence-electron chi connectivity index (χ4n) is 2.50. The van der Waals surface area contributed by atoms with Crippen molar-refractivity contribution in [3.63, 3.8) is 0 Å². The third-order valence-corrected chi connectivity index (χ3v) is 4.65. The van der Waals surface area contributed by atoms with Gasteiger partial charge in [0.15, 0.2) is 0 Å². The third-order valence-electron chi connectivity index (χ3n) is 3.71. The van der Waals surface area contributed by atoms with Crippen molar-refractivity contribution >= 4 is 11.3 Å². The number of rotatable bonds is 8. The number of thiophene rings is 1. The summed E-state index contributed by atoms with van der Waals surface area (Å²) in [6.45, 7) is 5.40. The van der Waals surface area contributed by atoms with Gasteiger partial charge >= 0.3 is 0 Å². The molecule has 0 aliphatic rings. The van der Waals surface area contributed by atoms with E-state index in [1.807, 2.05) is 11.3 Å². The van der Waals surface area contributed by atoms with E-state index in [2.05, 4.69) is 60.9 Å². The number of hydrogen-bond acceptors (Lipinski definition) is 2. The van der Waals surface area contributed by atoms with Crippen LogP contribution in [0.2, 0.25) is 0 Å². The maximum absolute atomic E-state index is 3.63. The monoisotopic (exact) mass is 287 g/mol. The maximum atomic E-state index is 3.63. The van der Waals surface area contributed by atoms with Crippen molar-refractivity contribution in [2.75, 3.05) is 6.54 Å². The van der Waals surface area contributed by atoms with E-state index in [1.54, 1.807) is 0 Å². The van der Waals surface area contributed by atoms with Gasteiger partial charge in [0.2, 0.25) is 0 Å². The Balaban J connectivity index is 1.80. The lowest BCUT2D eigenvalue weighted by molar-refractivity contribution is 0.465. The van der Waals surface area contributed by atoms with Crippen LogP contribution in [0.5, 0.6) is 0 Å². The van der Waals surface area contributed by atoms with Crippen LogP contribution < -0.4 is 5.32 Å². The van der Waals surface area contributed by atoms with Crippen molar-refractivity contribution < 1.29 is 0 Å². The van der Waals surface area contributed by atoms with Crippen LogP contribution in [0.25, 0.3) is 0 Å². The lowest BCUT2D eigenvalue weighted by Crippen LogP contribution is -2.29. The van der Waals surface area contributed by atoms with Crippen LogP contribution in [0.15, 0.2) is 41.8 Å². The Hall–Kier alpha value is -1.12. The van der Waals surface area contributed by atoms with Crippen LogP contribution in [0.3, 0.4) is 0 Å². The molecule has 1 aromatic heterocycles. The van der Waals surface area contributed by atoms with Crippen molar-refractivity contribution in [2.24, 2.45) is 0 Å². The average molecular weight is 287 g/mol. The molecular formula is C18H25NS. The highest BCUT2D eigenvalue weighted by molar-refractivity contribution is 7.09. The van der Waals surface area contributed by atoms with Crippen molar-refractivity contribution in [3.05, 3.63) is 57.8 Å². The maximum Gasteiger partial charge on any atom is 0.00735 e. The summed E-state index contributed by atoms with van der Waals surface area (Å²) in [4.78, 5) is 1.50. The molecule has 0 saturated carbocycles. The van der Waals surface area contributed by atoms with Gasteiger partial charge in [-0.1, -0.05) is 42.8 Å². The van der Waals surface area contributed by atoms with E-state index < -0.39 is 0 Å². The van der Waals surface area contributed by atoms with Crippen LogP contribution in [-0.4, -0.2) is 12.6 Å². The van der Waals surface area contributed by atoms with Crippen molar-refractivity contribution in [2.45, 2.75) is 45.6 Å². The molecule has 0 aliphatic heterocycles. The molecule has 0 aliphatic carbocycles. The van der Waals surface area contributed by atoms with Crippen LogP contribution in [0, 0.1) is 6.92 Å². The summed E-state index contributed by atoms with van der Waals surface area (Å²) in [6, 6.07) is 14.0. The van der Waals surface area contributed by atoms with Gasteiger partial charge < -0.3 is 5.32 Å². The highest BCUT2D eigenvalue weighted by Gasteiger charge is 2.08. The minimum Gasteiger partial charge on any atom is -0.314 e. The summed E-state index contributed by atoms with van der Waals surface area (Å²) in [7, 11) is 0. The lowest BCUT2D eigenvalue weighted by Gasteiger charge is -2.17. The first-order valence-electron chi connectivity index (χ1n) is 7.59. The molecule has 108 valence electrons. The second-order valence-electron chi connectivity index (χ2n) is 5.40. The second-order valence-corrected chi connectivity index (χ2v) is 6.43. The number of nitrogens with one attached hydrogen (secondary N) is 1. The standard InChI is InChI=1S/C18H25NS/c1-3-19-17(12-13-18-5-4-14-20-18)11-10-16-8-6-15(2)7-9-16/h4-9,14,17,19H,3,10-13H2,1-2H3. The smallest absolute Gasteiger partial charge is 0.00735 e. The van der Waals surface area contributed by atoms with Gasteiger partial charge in [0.05, 0.1) is 0 Å². The molecule has 2 heteroatoms. The molecule has 0 bridgehead atoms. The molecule has 1 N–H and O–H groups in total. The zero-order chi connectivity index (χ0) is 14.2. The summed E-state index contributed by atoms with van der Waals surface area (Å²) in [5.74, 6) is 0. The molecule has 0 amide bonds. The Kier molecular flexibility index (Phi) is 6.28. The van der Waals surface area contributed by atoms with Crippen molar-refractivity contribution in [1.82, 2.24) is 5.32 Å². The van der Waals surface area contributed by atoms with Gasteiger partial charge in [-0.05, 0) is 56.2 Å². The van der Waals surface area contributed by atoms with Crippen LogP contribution in [0.1, 0.15) is 35.8 Å². The van der Waals surface area contributed by atoms with E-state index in [-0.39, 0.29) is 0 Å².